The average molecular weight is 455 g/mol. The van der Waals surface area contributed by atoms with Gasteiger partial charge in [0, 0.05) is 77.4 Å². The number of fused-ring (bicyclic) bond motifs is 1. The molecule has 33 heavy (non-hydrogen) atoms. The van der Waals surface area contributed by atoms with Gasteiger partial charge in [-0.1, -0.05) is 12.1 Å². The Morgan fingerprint density at radius 2 is 1.61 bits per heavy atom. The maximum absolute atomic E-state index is 12.5. The molecule has 3 saturated heterocycles. The molecule has 3 aliphatic heterocycles. The molecule has 0 spiro atoms. The molecule has 1 aromatic carbocycles. The van der Waals surface area contributed by atoms with Crippen LogP contribution in [0.4, 0.5) is 10.5 Å². The lowest BCUT2D eigenvalue weighted by Gasteiger charge is -2.35. The minimum atomic E-state index is -1.18. The molecule has 1 aliphatic carbocycles. The second-order valence-electron chi connectivity index (χ2n) is 10.2. The number of Topliss-reactive ketones (excluding diaryl/α,β-unsaturated/α-hetero) is 2. The van der Waals surface area contributed by atoms with Crippen molar-refractivity contribution in [2.45, 2.75) is 32.4 Å². The molecule has 8 nitrogen and oxygen atoms in total. The molecule has 1 aromatic rings. The number of amides is 1. The van der Waals surface area contributed by atoms with E-state index in [9.17, 15) is 14.4 Å². The van der Waals surface area contributed by atoms with Gasteiger partial charge in [-0.05, 0) is 43.0 Å². The Morgan fingerprint density at radius 1 is 0.970 bits per heavy atom. The smallest absolute Gasteiger partial charge is 0.410 e. The first-order valence-electron chi connectivity index (χ1n) is 12.1. The summed E-state index contributed by atoms with van der Waals surface area (Å²) in [6, 6.07) is 6.66. The Kier molecular flexibility index (Phi) is 6.14. The fourth-order valence-electron chi connectivity index (χ4n) is 5.84. The van der Waals surface area contributed by atoms with E-state index < -0.39 is 12.2 Å². The van der Waals surface area contributed by atoms with Crippen LogP contribution in [0.3, 0.4) is 0 Å². The predicted octanol–water partition coefficient (Wildman–Crippen LogP) is 1.55. The molecule has 0 bridgehead atoms. The second kappa shape index (κ2) is 9.06. The van der Waals surface area contributed by atoms with Gasteiger partial charge < -0.3 is 19.4 Å². The highest BCUT2D eigenvalue weighted by Gasteiger charge is 2.44. The monoisotopic (exact) mass is 454 g/mol. The van der Waals surface area contributed by atoms with Crippen LogP contribution in [0.2, 0.25) is 0 Å². The van der Waals surface area contributed by atoms with Crippen LogP contribution in [0.25, 0.3) is 0 Å². The van der Waals surface area contributed by atoms with Crippen molar-refractivity contribution in [3.05, 3.63) is 29.3 Å². The van der Waals surface area contributed by atoms with Crippen LogP contribution in [0.5, 0.6) is 0 Å². The molecule has 5 rings (SSSR count). The van der Waals surface area contributed by atoms with E-state index in [4.69, 9.17) is 4.74 Å². The number of anilines is 1. The first-order chi connectivity index (χ1) is 15.9. The van der Waals surface area contributed by atoms with Gasteiger partial charge in [-0.3, -0.25) is 14.5 Å². The summed E-state index contributed by atoms with van der Waals surface area (Å²) in [6.45, 7) is 10.7. The molecule has 0 N–H and O–H groups in total. The molecule has 8 heteroatoms. The quantitative estimate of drug-likeness (QED) is 0.639. The Balaban J connectivity index is 1.16. The molecular formula is C25H34N4O4. The third-order valence-electron chi connectivity index (χ3n) is 7.90. The number of benzene rings is 1. The summed E-state index contributed by atoms with van der Waals surface area (Å²) in [6.07, 6.45) is -1.32. The molecule has 2 unspecified atom stereocenters. The van der Waals surface area contributed by atoms with Crippen molar-refractivity contribution in [2.75, 3.05) is 64.3 Å². The van der Waals surface area contributed by atoms with Gasteiger partial charge in [0.1, 0.15) is 0 Å². The Labute approximate surface area is 195 Å². The lowest BCUT2D eigenvalue weighted by atomic mass is 10.0. The third kappa shape index (κ3) is 4.51. The van der Waals surface area contributed by atoms with E-state index >= 15 is 0 Å². The van der Waals surface area contributed by atoms with E-state index in [1.165, 1.54) is 16.8 Å². The maximum atomic E-state index is 12.5. The van der Waals surface area contributed by atoms with Gasteiger partial charge in [-0.25, -0.2) is 4.79 Å². The van der Waals surface area contributed by atoms with E-state index in [1.807, 2.05) is 0 Å². The average Bonchev–Trinajstić information content (AvgIpc) is 3.45. The van der Waals surface area contributed by atoms with Crippen molar-refractivity contribution in [1.82, 2.24) is 14.7 Å². The number of carbonyl (C=O) groups excluding carboxylic acids is 3. The Bertz CT molecular complexity index is 912. The maximum Gasteiger partial charge on any atom is 0.410 e. The fourth-order valence-corrected chi connectivity index (χ4v) is 5.84. The van der Waals surface area contributed by atoms with Gasteiger partial charge >= 0.3 is 6.09 Å². The molecule has 4 aliphatic rings. The van der Waals surface area contributed by atoms with Crippen molar-refractivity contribution in [3.8, 4) is 0 Å². The van der Waals surface area contributed by atoms with Gasteiger partial charge in [-0.2, -0.15) is 0 Å². The Morgan fingerprint density at radius 3 is 2.24 bits per heavy atom. The van der Waals surface area contributed by atoms with Gasteiger partial charge in [0.05, 0.1) is 0 Å². The lowest BCUT2D eigenvalue weighted by molar-refractivity contribution is -0.133. The molecule has 178 valence electrons. The molecule has 4 fully saturated rings. The summed E-state index contributed by atoms with van der Waals surface area (Å²) in [5.74, 6) is 0.281. The molecule has 2 atom stereocenters. The van der Waals surface area contributed by atoms with Crippen LogP contribution in [0.15, 0.2) is 18.2 Å². The number of likely N-dealkylation sites (tertiary alicyclic amines) is 2. The normalized spacial score (nSPS) is 27.0. The van der Waals surface area contributed by atoms with Crippen LogP contribution >= 0.6 is 0 Å². The largest absolute Gasteiger partial charge is 0.430 e. The summed E-state index contributed by atoms with van der Waals surface area (Å²) >= 11 is 0. The topological polar surface area (TPSA) is 73.4 Å². The van der Waals surface area contributed by atoms with Gasteiger partial charge in [0.15, 0.2) is 11.6 Å². The van der Waals surface area contributed by atoms with Crippen molar-refractivity contribution >= 4 is 23.3 Å². The van der Waals surface area contributed by atoms with Gasteiger partial charge in [-0.15, -0.1) is 0 Å². The van der Waals surface area contributed by atoms with Crippen molar-refractivity contribution in [1.29, 1.82) is 0 Å². The number of ether oxygens (including phenoxy) is 1. The highest BCUT2D eigenvalue weighted by molar-refractivity contribution is 6.12. The second-order valence-corrected chi connectivity index (χ2v) is 10.2. The van der Waals surface area contributed by atoms with Gasteiger partial charge in [0.2, 0.25) is 6.10 Å². The summed E-state index contributed by atoms with van der Waals surface area (Å²) in [7, 11) is 2.18. The van der Waals surface area contributed by atoms with Crippen LogP contribution in [-0.2, 0) is 20.9 Å². The molecule has 0 aromatic heterocycles. The van der Waals surface area contributed by atoms with Crippen molar-refractivity contribution in [3.63, 3.8) is 0 Å². The fraction of sp³-hybridized carbons (Fsp3) is 0.640. The highest BCUT2D eigenvalue weighted by atomic mass is 16.6. The van der Waals surface area contributed by atoms with Gasteiger partial charge in [0.25, 0.3) is 0 Å². The minimum absolute atomic E-state index is 0.187. The number of ketones is 2. The Hall–Kier alpha value is -2.45. The van der Waals surface area contributed by atoms with Crippen molar-refractivity contribution < 1.29 is 19.1 Å². The molecule has 3 heterocycles. The number of rotatable bonds is 4. The summed E-state index contributed by atoms with van der Waals surface area (Å²) < 4.78 is 5.27. The zero-order valence-electron chi connectivity index (χ0n) is 19.7. The van der Waals surface area contributed by atoms with E-state index in [-0.39, 0.29) is 24.4 Å². The van der Waals surface area contributed by atoms with E-state index in [0.717, 1.165) is 45.8 Å². The number of piperazine rings is 1. The molecule has 1 saturated carbocycles. The molecule has 1 amide bonds. The standard InChI is InChI=1S/C25H34N4O4/c1-17-18(4-3-5-21(17)28-10-8-26(2)9-11-28)12-27-13-19-15-29(16-20(19)14-27)25(32)33-24-22(30)6-7-23(24)31/h3-5,19-20,24H,6-16H2,1-2H3. The highest BCUT2D eigenvalue weighted by Crippen LogP contribution is 2.34. The summed E-state index contributed by atoms with van der Waals surface area (Å²) in [5, 5.41) is 0. The summed E-state index contributed by atoms with van der Waals surface area (Å²) in [4.78, 5) is 45.2. The number of hydrogen-bond acceptors (Lipinski definition) is 7. The van der Waals surface area contributed by atoms with E-state index in [0.29, 0.717) is 24.9 Å². The van der Waals surface area contributed by atoms with Crippen LogP contribution < -0.4 is 4.90 Å². The number of hydrogen-bond donors (Lipinski definition) is 0. The zero-order chi connectivity index (χ0) is 23.1. The lowest BCUT2D eigenvalue weighted by Crippen LogP contribution is -2.44. The third-order valence-corrected chi connectivity index (χ3v) is 7.90. The van der Waals surface area contributed by atoms with E-state index in [1.54, 1.807) is 4.90 Å². The SMILES string of the molecule is Cc1c(CN2CC3CN(C(=O)OC4C(=O)CCC4=O)CC3C2)cccc1N1CCN(C)CC1. The number of carbonyl (C=O) groups is 3. The summed E-state index contributed by atoms with van der Waals surface area (Å²) in [5.41, 5.74) is 4.10. The molecular weight excluding hydrogens is 420 g/mol. The molecule has 0 radical (unpaired) electrons. The van der Waals surface area contributed by atoms with Crippen LogP contribution in [-0.4, -0.2) is 97.9 Å². The predicted molar refractivity (Wildman–Crippen MR) is 124 cm³/mol. The first-order valence-corrected chi connectivity index (χ1v) is 12.1. The minimum Gasteiger partial charge on any atom is -0.430 e. The van der Waals surface area contributed by atoms with Crippen LogP contribution in [0, 0.1) is 18.8 Å². The number of nitrogens with zero attached hydrogens (tertiary/aromatic N) is 4. The van der Waals surface area contributed by atoms with E-state index in [2.05, 4.69) is 46.9 Å². The zero-order valence-corrected chi connectivity index (χ0v) is 19.7. The van der Waals surface area contributed by atoms with Crippen molar-refractivity contribution in [2.24, 2.45) is 11.8 Å². The first kappa shape index (κ1) is 22.3. The van der Waals surface area contributed by atoms with Crippen LogP contribution in [0.1, 0.15) is 24.0 Å². The number of likely N-dealkylation sites (N-methyl/N-ethyl adjacent to an activating group) is 1.